The van der Waals surface area contributed by atoms with Crippen LogP contribution in [0.5, 0.6) is 0 Å². The lowest BCUT2D eigenvalue weighted by molar-refractivity contribution is 0.0946. The van der Waals surface area contributed by atoms with Crippen molar-refractivity contribution in [2.45, 2.75) is 12.8 Å². The molecule has 0 aliphatic rings. The lowest BCUT2D eigenvalue weighted by atomic mass is 9.99. The number of nitrogens with one attached hydrogen (secondary N) is 2. The number of hydrogen-bond acceptors (Lipinski definition) is 3. The van der Waals surface area contributed by atoms with Gasteiger partial charge in [-0.1, -0.05) is 84.9 Å². The zero-order valence-electron chi connectivity index (χ0n) is 19.9. The van der Waals surface area contributed by atoms with E-state index < -0.39 is 0 Å². The van der Waals surface area contributed by atoms with Gasteiger partial charge in [-0.25, -0.2) is 0 Å². The van der Waals surface area contributed by atoms with E-state index in [4.69, 9.17) is 0 Å². The van der Waals surface area contributed by atoms with Crippen LogP contribution in [0.3, 0.4) is 0 Å². The molecule has 0 saturated heterocycles. The first-order valence-corrected chi connectivity index (χ1v) is 12.0. The molecule has 5 heteroatoms. The summed E-state index contributed by atoms with van der Waals surface area (Å²) in [5.41, 5.74) is 3.92. The summed E-state index contributed by atoms with van der Waals surface area (Å²) in [6.07, 6.45) is 1.46. The maximum Gasteiger partial charge on any atom is 0.251 e. The van der Waals surface area contributed by atoms with Crippen molar-refractivity contribution in [2.75, 3.05) is 13.1 Å². The molecule has 4 aromatic carbocycles. The number of benzene rings is 4. The minimum absolute atomic E-state index is 0.230. The first-order chi connectivity index (χ1) is 17.6. The molecule has 0 aliphatic heterocycles. The topological polar surface area (TPSA) is 75.3 Å². The van der Waals surface area contributed by atoms with Crippen molar-refractivity contribution in [2.24, 2.45) is 0 Å². The Hall–Kier alpha value is -4.51. The summed E-state index contributed by atoms with van der Waals surface area (Å²) < 4.78 is 0. The zero-order chi connectivity index (χ0) is 25.2. The Bertz CT molecular complexity index is 1230. The number of ketones is 1. The zero-order valence-corrected chi connectivity index (χ0v) is 19.9. The van der Waals surface area contributed by atoms with Crippen LogP contribution < -0.4 is 10.6 Å². The number of amides is 2. The normalized spacial score (nSPS) is 10.4. The SMILES string of the molecule is O=C(NCCc1ccccc1)c1cccc(C(=O)c2cccc(C(=O)NCCc3ccccc3)c2)c1. The van der Waals surface area contributed by atoms with Gasteiger partial charge in [0.1, 0.15) is 0 Å². The Balaban J connectivity index is 1.36. The van der Waals surface area contributed by atoms with E-state index in [0.717, 1.165) is 24.0 Å². The number of rotatable bonds is 10. The number of hydrogen-bond donors (Lipinski definition) is 2. The highest BCUT2D eigenvalue weighted by molar-refractivity contribution is 6.11. The van der Waals surface area contributed by atoms with Crippen molar-refractivity contribution in [3.05, 3.63) is 143 Å². The second-order valence-corrected chi connectivity index (χ2v) is 8.47. The van der Waals surface area contributed by atoms with Gasteiger partial charge in [-0.3, -0.25) is 14.4 Å². The molecule has 0 heterocycles. The molecular formula is C31H28N2O3. The van der Waals surface area contributed by atoms with E-state index in [1.807, 2.05) is 60.7 Å². The van der Waals surface area contributed by atoms with Crippen LogP contribution in [0.1, 0.15) is 47.8 Å². The van der Waals surface area contributed by atoms with Crippen molar-refractivity contribution in [1.82, 2.24) is 10.6 Å². The molecule has 0 fully saturated rings. The highest BCUT2D eigenvalue weighted by Gasteiger charge is 2.14. The minimum Gasteiger partial charge on any atom is -0.352 e. The third-order valence-electron chi connectivity index (χ3n) is 5.86. The Kier molecular flexibility index (Phi) is 8.39. The largest absolute Gasteiger partial charge is 0.352 e. The fourth-order valence-corrected chi connectivity index (χ4v) is 3.90. The van der Waals surface area contributed by atoms with E-state index >= 15 is 0 Å². The van der Waals surface area contributed by atoms with Crippen LogP contribution in [0.4, 0.5) is 0 Å². The molecule has 4 rings (SSSR count). The van der Waals surface area contributed by atoms with Crippen molar-refractivity contribution in [1.29, 1.82) is 0 Å². The molecule has 0 radical (unpaired) electrons. The molecule has 0 saturated carbocycles. The predicted octanol–water partition coefficient (Wildman–Crippen LogP) is 4.86. The fourth-order valence-electron chi connectivity index (χ4n) is 3.90. The van der Waals surface area contributed by atoms with Crippen molar-refractivity contribution < 1.29 is 14.4 Å². The van der Waals surface area contributed by atoms with Gasteiger partial charge in [-0.15, -0.1) is 0 Å². The van der Waals surface area contributed by atoms with Crippen molar-refractivity contribution in [3.63, 3.8) is 0 Å². The molecule has 0 unspecified atom stereocenters. The molecular weight excluding hydrogens is 448 g/mol. The van der Waals surface area contributed by atoms with Crippen molar-refractivity contribution >= 4 is 17.6 Å². The molecule has 0 aliphatic carbocycles. The summed E-state index contributed by atoms with van der Waals surface area (Å²) in [6.45, 7) is 1.00. The van der Waals surface area contributed by atoms with Crippen LogP contribution >= 0.6 is 0 Å². The van der Waals surface area contributed by atoms with Gasteiger partial charge < -0.3 is 10.6 Å². The van der Waals surface area contributed by atoms with E-state index in [1.54, 1.807) is 48.5 Å². The first kappa shape index (κ1) is 24.6. The third-order valence-corrected chi connectivity index (χ3v) is 5.86. The van der Waals surface area contributed by atoms with E-state index in [-0.39, 0.29) is 17.6 Å². The monoisotopic (exact) mass is 476 g/mol. The van der Waals surface area contributed by atoms with Crippen LogP contribution in [0, 0.1) is 0 Å². The van der Waals surface area contributed by atoms with E-state index in [0.29, 0.717) is 35.3 Å². The van der Waals surface area contributed by atoms with Crippen LogP contribution in [-0.2, 0) is 12.8 Å². The Morgan fingerprint density at radius 3 is 1.28 bits per heavy atom. The Morgan fingerprint density at radius 2 is 0.861 bits per heavy atom. The minimum atomic E-state index is -0.243. The quantitative estimate of drug-likeness (QED) is 0.321. The first-order valence-electron chi connectivity index (χ1n) is 12.0. The molecule has 0 aromatic heterocycles. The maximum absolute atomic E-state index is 13.1. The highest BCUT2D eigenvalue weighted by Crippen LogP contribution is 2.14. The molecule has 2 N–H and O–H groups in total. The van der Waals surface area contributed by atoms with Gasteiger partial charge in [-0.05, 0) is 48.2 Å². The van der Waals surface area contributed by atoms with Gasteiger partial charge in [0.2, 0.25) is 0 Å². The molecule has 0 atom stereocenters. The second kappa shape index (κ2) is 12.3. The lowest BCUT2D eigenvalue weighted by Crippen LogP contribution is -2.26. The maximum atomic E-state index is 13.1. The van der Waals surface area contributed by atoms with Crippen LogP contribution in [0.15, 0.2) is 109 Å². The predicted molar refractivity (Wildman–Crippen MR) is 141 cm³/mol. The van der Waals surface area contributed by atoms with Gasteiger partial charge in [0.05, 0.1) is 0 Å². The summed E-state index contributed by atoms with van der Waals surface area (Å²) in [6, 6.07) is 33.1. The van der Waals surface area contributed by atoms with Gasteiger partial charge in [0.15, 0.2) is 5.78 Å². The second-order valence-electron chi connectivity index (χ2n) is 8.47. The molecule has 180 valence electrons. The van der Waals surface area contributed by atoms with Crippen LogP contribution in [0.25, 0.3) is 0 Å². The average molecular weight is 477 g/mol. The Morgan fingerprint density at radius 1 is 0.472 bits per heavy atom. The lowest BCUT2D eigenvalue weighted by Gasteiger charge is -2.09. The molecule has 0 spiro atoms. The molecule has 0 bridgehead atoms. The standard InChI is InChI=1S/C31H28N2O3/c34-29(25-13-7-15-27(21-25)30(35)32-19-17-23-9-3-1-4-10-23)26-14-8-16-28(22-26)31(36)33-20-18-24-11-5-2-6-12-24/h1-16,21-22H,17-20H2,(H,32,35)(H,33,36). The van der Waals surface area contributed by atoms with Crippen molar-refractivity contribution in [3.8, 4) is 0 Å². The molecule has 5 nitrogen and oxygen atoms in total. The summed E-state index contributed by atoms with van der Waals surface area (Å²) in [5, 5.41) is 5.81. The van der Waals surface area contributed by atoms with E-state index in [1.165, 1.54) is 0 Å². The van der Waals surface area contributed by atoms with Gasteiger partial charge >= 0.3 is 0 Å². The van der Waals surface area contributed by atoms with Crippen LogP contribution in [0.2, 0.25) is 0 Å². The van der Waals surface area contributed by atoms with Crippen LogP contribution in [-0.4, -0.2) is 30.7 Å². The highest BCUT2D eigenvalue weighted by atomic mass is 16.2. The van der Waals surface area contributed by atoms with Gasteiger partial charge in [0, 0.05) is 35.3 Å². The fraction of sp³-hybridized carbons (Fsp3) is 0.129. The van der Waals surface area contributed by atoms with Gasteiger partial charge in [-0.2, -0.15) is 0 Å². The number of carbonyl (C=O) groups is 3. The van der Waals surface area contributed by atoms with E-state index in [9.17, 15) is 14.4 Å². The summed E-state index contributed by atoms with van der Waals surface area (Å²) in [7, 11) is 0. The molecule has 36 heavy (non-hydrogen) atoms. The summed E-state index contributed by atoms with van der Waals surface area (Å²) in [5.74, 6) is -0.702. The van der Waals surface area contributed by atoms with E-state index in [2.05, 4.69) is 10.6 Å². The smallest absolute Gasteiger partial charge is 0.251 e. The average Bonchev–Trinajstić information content (AvgIpc) is 2.94. The third kappa shape index (κ3) is 6.76. The Labute approximate surface area is 211 Å². The molecule has 2 amide bonds. The summed E-state index contributed by atoms with van der Waals surface area (Å²) >= 11 is 0. The summed E-state index contributed by atoms with van der Waals surface area (Å²) in [4.78, 5) is 38.4. The van der Waals surface area contributed by atoms with Gasteiger partial charge in [0.25, 0.3) is 11.8 Å². The number of carbonyl (C=O) groups excluding carboxylic acids is 3. The molecule has 4 aromatic rings.